The SMILES string of the molecule is CCCCc1ncc(/C=C2/C(=O)N(CCCC)C(=O)N2Cc2nccn2Cc2ccccc2)n1Cc1ccc(C(=O)[O-])cc1. The van der Waals surface area contributed by atoms with Gasteiger partial charge in [-0.25, -0.2) is 14.8 Å². The van der Waals surface area contributed by atoms with Crippen molar-refractivity contribution in [2.45, 2.75) is 65.6 Å². The number of rotatable bonds is 14. The van der Waals surface area contributed by atoms with Gasteiger partial charge in [0.15, 0.2) is 0 Å². The first-order valence-corrected chi connectivity index (χ1v) is 15.1. The molecule has 10 nitrogen and oxygen atoms in total. The van der Waals surface area contributed by atoms with E-state index in [-0.39, 0.29) is 29.7 Å². The molecule has 3 heterocycles. The number of aryl methyl sites for hydroxylation is 1. The van der Waals surface area contributed by atoms with E-state index >= 15 is 0 Å². The van der Waals surface area contributed by atoms with Gasteiger partial charge in [0.2, 0.25) is 0 Å². The van der Waals surface area contributed by atoms with Gasteiger partial charge in [0.05, 0.1) is 24.4 Å². The monoisotopic (exact) mass is 593 g/mol. The first-order chi connectivity index (χ1) is 21.4. The van der Waals surface area contributed by atoms with Gasteiger partial charge in [-0.1, -0.05) is 81.3 Å². The second-order valence-electron chi connectivity index (χ2n) is 10.9. The number of nitrogens with zero attached hydrogens (tertiary/aromatic N) is 6. The highest BCUT2D eigenvalue weighted by Crippen LogP contribution is 2.27. The molecule has 0 bridgehead atoms. The van der Waals surface area contributed by atoms with E-state index in [9.17, 15) is 19.5 Å². The Morgan fingerprint density at radius 1 is 0.841 bits per heavy atom. The fourth-order valence-corrected chi connectivity index (χ4v) is 5.28. The van der Waals surface area contributed by atoms with Crippen LogP contribution in [0.2, 0.25) is 0 Å². The fraction of sp³-hybridized carbons (Fsp3) is 0.324. The number of urea groups is 1. The summed E-state index contributed by atoms with van der Waals surface area (Å²) in [7, 11) is 0. The second kappa shape index (κ2) is 14.0. The third-order valence-electron chi connectivity index (χ3n) is 7.79. The van der Waals surface area contributed by atoms with E-state index in [4.69, 9.17) is 0 Å². The molecule has 0 unspecified atom stereocenters. The van der Waals surface area contributed by atoms with E-state index in [1.807, 2.05) is 52.6 Å². The summed E-state index contributed by atoms with van der Waals surface area (Å²) in [5, 5.41) is 11.2. The fourth-order valence-electron chi connectivity index (χ4n) is 5.28. The predicted molar refractivity (Wildman–Crippen MR) is 164 cm³/mol. The molecule has 0 N–H and O–H groups in total. The number of carbonyl (C=O) groups excluding carboxylic acids is 3. The van der Waals surface area contributed by atoms with Crippen molar-refractivity contribution < 1.29 is 19.5 Å². The van der Waals surface area contributed by atoms with Crippen LogP contribution in [0.25, 0.3) is 6.08 Å². The Kier molecular flexibility index (Phi) is 9.69. The molecule has 1 fully saturated rings. The third-order valence-corrected chi connectivity index (χ3v) is 7.79. The molecular weight excluding hydrogens is 556 g/mol. The second-order valence-corrected chi connectivity index (χ2v) is 10.9. The number of amides is 3. The first-order valence-electron chi connectivity index (χ1n) is 15.1. The summed E-state index contributed by atoms with van der Waals surface area (Å²) in [5.74, 6) is -0.0452. The molecule has 0 aliphatic carbocycles. The molecule has 1 saturated heterocycles. The number of hydrogen-bond acceptors (Lipinski definition) is 6. The van der Waals surface area contributed by atoms with Gasteiger partial charge in [-0.3, -0.25) is 14.6 Å². The number of aromatic carboxylic acids is 1. The van der Waals surface area contributed by atoms with Gasteiger partial charge in [0, 0.05) is 38.4 Å². The Morgan fingerprint density at radius 3 is 2.27 bits per heavy atom. The van der Waals surface area contributed by atoms with E-state index in [2.05, 4.69) is 16.9 Å². The lowest BCUT2D eigenvalue weighted by atomic mass is 10.1. The minimum atomic E-state index is -1.23. The normalized spacial score (nSPS) is 14.3. The summed E-state index contributed by atoms with van der Waals surface area (Å²) in [5.41, 5.74) is 3.05. The highest BCUT2D eigenvalue weighted by molar-refractivity contribution is 6.13. The standard InChI is InChI=1S/C34H38N6O4/c1-3-5-12-30-36-21-28(39(30)23-26-13-15-27(16-14-26)33(42)43)20-29-32(41)38(18-6-4-2)34(44)40(29)24-31-35-17-19-37(31)22-25-10-8-7-9-11-25/h7-11,13-17,19-21H,3-6,12,18,22-24H2,1-2H3,(H,42,43)/p-1/b29-20-. The van der Waals surface area contributed by atoms with Gasteiger partial charge in [0.1, 0.15) is 17.3 Å². The van der Waals surface area contributed by atoms with E-state index in [1.54, 1.807) is 30.6 Å². The molecule has 5 rings (SSSR count). The van der Waals surface area contributed by atoms with Crippen molar-refractivity contribution in [2.24, 2.45) is 0 Å². The summed E-state index contributed by atoms with van der Waals surface area (Å²) in [6.45, 7) is 5.63. The molecule has 4 aromatic rings. The molecule has 2 aromatic heterocycles. The summed E-state index contributed by atoms with van der Waals surface area (Å²) < 4.78 is 4.01. The molecule has 2 aromatic carbocycles. The van der Waals surface area contributed by atoms with Crippen LogP contribution in [0.3, 0.4) is 0 Å². The number of imide groups is 1. The maximum atomic E-state index is 13.8. The zero-order valence-corrected chi connectivity index (χ0v) is 25.2. The lowest BCUT2D eigenvalue weighted by Crippen LogP contribution is -2.34. The number of benzene rings is 2. The molecule has 1 aliphatic rings. The molecular formula is C34H37N6O4-. The molecule has 10 heteroatoms. The number of aromatic nitrogens is 4. The lowest BCUT2D eigenvalue weighted by Gasteiger charge is -2.18. The summed E-state index contributed by atoms with van der Waals surface area (Å²) in [6, 6.07) is 16.2. The average Bonchev–Trinajstić information content (AvgIpc) is 3.69. The van der Waals surface area contributed by atoms with Crippen molar-refractivity contribution in [3.8, 4) is 0 Å². The number of carboxylic acid groups (broad SMARTS) is 1. The van der Waals surface area contributed by atoms with Crippen molar-refractivity contribution in [1.29, 1.82) is 0 Å². The van der Waals surface area contributed by atoms with Crippen LogP contribution in [0.1, 0.15) is 78.4 Å². The molecule has 0 radical (unpaired) electrons. The minimum absolute atomic E-state index is 0.108. The first kappa shape index (κ1) is 30.5. The van der Waals surface area contributed by atoms with Gasteiger partial charge in [-0.15, -0.1) is 0 Å². The van der Waals surface area contributed by atoms with Crippen LogP contribution in [0, 0.1) is 0 Å². The summed E-state index contributed by atoms with van der Waals surface area (Å²) >= 11 is 0. The number of carboxylic acids is 1. The van der Waals surface area contributed by atoms with Gasteiger partial charge in [-0.2, -0.15) is 0 Å². The Morgan fingerprint density at radius 2 is 1.57 bits per heavy atom. The Balaban J connectivity index is 1.50. The predicted octanol–water partition coefficient (Wildman–Crippen LogP) is 4.49. The summed E-state index contributed by atoms with van der Waals surface area (Å²) in [6.07, 6.45) is 11.3. The van der Waals surface area contributed by atoms with Crippen LogP contribution in [-0.2, 0) is 30.8 Å². The smallest absolute Gasteiger partial charge is 0.332 e. The number of hydrogen-bond donors (Lipinski definition) is 0. The third kappa shape index (κ3) is 6.80. The quantitative estimate of drug-likeness (QED) is 0.157. The average molecular weight is 594 g/mol. The van der Waals surface area contributed by atoms with E-state index in [1.165, 1.54) is 21.9 Å². The molecule has 0 atom stereocenters. The number of carbonyl (C=O) groups is 3. The molecule has 0 saturated carbocycles. The van der Waals surface area contributed by atoms with Crippen molar-refractivity contribution in [3.05, 3.63) is 113 Å². The molecule has 3 amide bonds. The molecule has 1 aliphatic heterocycles. The topological polar surface area (TPSA) is 116 Å². The number of unbranched alkanes of at least 4 members (excludes halogenated alkanes) is 2. The molecule has 228 valence electrons. The number of imidazole rings is 2. The zero-order chi connectivity index (χ0) is 31.1. The highest BCUT2D eigenvalue weighted by atomic mass is 16.4. The maximum absolute atomic E-state index is 13.8. The van der Waals surface area contributed by atoms with Crippen LogP contribution in [0.15, 0.2) is 78.9 Å². The van der Waals surface area contributed by atoms with Crippen molar-refractivity contribution in [3.63, 3.8) is 0 Å². The van der Waals surface area contributed by atoms with E-state index in [0.717, 1.165) is 42.6 Å². The largest absolute Gasteiger partial charge is 0.545 e. The van der Waals surface area contributed by atoms with Crippen molar-refractivity contribution in [2.75, 3.05) is 6.54 Å². The zero-order valence-electron chi connectivity index (χ0n) is 25.2. The van der Waals surface area contributed by atoms with Crippen LogP contribution in [0.4, 0.5) is 4.79 Å². The van der Waals surface area contributed by atoms with E-state index in [0.29, 0.717) is 37.6 Å². The maximum Gasteiger partial charge on any atom is 0.332 e. The highest BCUT2D eigenvalue weighted by Gasteiger charge is 2.41. The van der Waals surface area contributed by atoms with Gasteiger partial charge in [0.25, 0.3) is 5.91 Å². The van der Waals surface area contributed by atoms with Crippen LogP contribution in [0.5, 0.6) is 0 Å². The Bertz CT molecular complexity index is 1640. The molecule has 0 spiro atoms. The van der Waals surface area contributed by atoms with Gasteiger partial charge in [-0.05, 0) is 35.6 Å². The van der Waals surface area contributed by atoms with Crippen LogP contribution in [-0.4, -0.2) is 53.4 Å². The lowest BCUT2D eigenvalue weighted by molar-refractivity contribution is -0.255. The van der Waals surface area contributed by atoms with Crippen molar-refractivity contribution >= 4 is 24.0 Å². The van der Waals surface area contributed by atoms with Crippen LogP contribution < -0.4 is 5.11 Å². The van der Waals surface area contributed by atoms with E-state index < -0.39 is 5.97 Å². The minimum Gasteiger partial charge on any atom is -0.545 e. The van der Waals surface area contributed by atoms with Crippen LogP contribution >= 0.6 is 0 Å². The van der Waals surface area contributed by atoms with Gasteiger partial charge < -0.3 is 19.0 Å². The Labute approximate surface area is 257 Å². The molecule has 44 heavy (non-hydrogen) atoms. The Hall–Kier alpha value is -4.99. The summed E-state index contributed by atoms with van der Waals surface area (Å²) in [4.78, 5) is 50.8. The van der Waals surface area contributed by atoms with Crippen molar-refractivity contribution in [1.82, 2.24) is 28.9 Å². The van der Waals surface area contributed by atoms with Gasteiger partial charge >= 0.3 is 6.03 Å².